The third kappa shape index (κ3) is 4.56. The van der Waals surface area contributed by atoms with E-state index in [-0.39, 0.29) is 18.4 Å². The highest BCUT2D eigenvalue weighted by molar-refractivity contribution is 7.98. The van der Waals surface area contributed by atoms with Crippen molar-refractivity contribution in [3.8, 4) is 23.3 Å². The quantitative estimate of drug-likeness (QED) is 0.337. The Balaban J connectivity index is 1.56. The lowest BCUT2D eigenvalue weighted by molar-refractivity contribution is -0.136. The second-order valence-corrected chi connectivity index (χ2v) is 7.85. The van der Waals surface area contributed by atoms with Crippen molar-refractivity contribution < 1.29 is 19.0 Å². The van der Waals surface area contributed by atoms with Crippen molar-refractivity contribution in [2.45, 2.75) is 10.8 Å². The lowest BCUT2D eigenvalue weighted by atomic mass is 9.83. The van der Waals surface area contributed by atoms with E-state index in [4.69, 9.17) is 19.9 Å². The monoisotopic (exact) mass is 444 g/mol. The maximum absolute atomic E-state index is 12.2. The number of nitrogens with zero attached hydrogens (tertiary/aromatic N) is 1. The first-order valence-corrected chi connectivity index (χ1v) is 11.1. The fourth-order valence-corrected chi connectivity index (χ4v) is 3.87. The molecular formula is C25H20N2O4S. The van der Waals surface area contributed by atoms with E-state index in [1.165, 1.54) is 0 Å². The zero-order chi connectivity index (χ0) is 22.5. The number of thioether (sulfide) groups is 1. The second kappa shape index (κ2) is 9.50. The molecule has 0 aliphatic carbocycles. The van der Waals surface area contributed by atoms with Crippen molar-refractivity contribution in [1.29, 1.82) is 5.26 Å². The van der Waals surface area contributed by atoms with Gasteiger partial charge in [0.05, 0.1) is 5.92 Å². The number of fused-ring (bicyclic) bond motifs is 1. The fraction of sp³-hybridized carbons (Fsp3) is 0.120. The van der Waals surface area contributed by atoms with Gasteiger partial charge >= 0.3 is 5.97 Å². The number of ether oxygens (including phenoxy) is 3. The summed E-state index contributed by atoms with van der Waals surface area (Å²) in [5.41, 5.74) is 8.09. The van der Waals surface area contributed by atoms with Crippen LogP contribution >= 0.6 is 11.8 Å². The summed E-state index contributed by atoms with van der Waals surface area (Å²) in [6, 6.07) is 24.2. The Labute approximate surface area is 190 Å². The normalized spacial score (nSPS) is 14.7. The molecule has 1 aliphatic rings. The van der Waals surface area contributed by atoms with Crippen LogP contribution in [-0.2, 0) is 4.79 Å². The zero-order valence-corrected chi connectivity index (χ0v) is 18.1. The van der Waals surface area contributed by atoms with Crippen LogP contribution in [0.25, 0.3) is 0 Å². The van der Waals surface area contributed by atoms with Gasteiger partial charge in [0.2, 0.25) is 5.88 Å². The summed E-state index contributed by atoms with van der Waals surface area (Å²) in [6.07, 6.45) is 2.01. The number of rotatable bonds is 6. The van der Waals surface area contributed by atoms with Gasteiger partial charge < -0.3 is 19.9 Å². The Bertz CT molecular complexity index is 1200. The van der Waals surface area contributed by atoms with Crippen molar-refractivity contribution in [2.75, 3.05) is 12.9 Å². The van der Waals surface area contributed by atoms with E-state index in [0.717, 1.165) is 16.0 Å². The summed E-state index contributed by atoms with van der Waals surface area (Å²) < 4.78 is 16.5. The third-order valence-electron chi connectivity index (χ3n) is 4.97. The minimum atomic E-state index is -0.546. The van der Waals surface area contributed by atoms with Crippen molar-refractivity contribution >= 4 is 17.7 Å². The zero-order valence-electron chi connectivity index (χ0n) is 17.3. The van der Waals surface area contributed by atoms with E-state index in [1.807, 2.05) is 48.7 Å². The number of allylic oxidation sites excluding steroid dienone is 1. The van der Waals surface area contributed by atoms with Gasteiger partial charge in [-0.05, 0) is 42.2 Å². The van der Waals surface area contributed by atoms with Crippen LogP contribution in [0.3, 0.4) is 0 Å². The lowest BCUT2D eigenvalue weighted by Crippen LogP contribution is -2.21. The van der Waals surface area contributed by atoms with Crippen LogP contribution in [0, 0.1) is 11.3 Å². The molecule has 0 saturated heterocycles. The molecule has 0 fully saturated rings. The molecule has 7 heteroatoms. The van der Waals surface area contributed by atoms with Crippen LogP contribution in [0.1, 0.15) is 17.0 Å². The molecular weight excluding hydrogens is 424 g/mol. The average Bonchev–Trinajstić information content (AvgIpc) is 2.82. The number of carbonyl (C=O) groups is 1. The Hall–Kier alpha value is -3.89. The molecule has 1 atom stereocenters. The first-order chi connectivity index (χ1) is 15.6. The summed E-state index contributed by atoms with van der Waals surface area (Å²) in [4.78, 5) is 13.3. The van der Waals surface area contributed by atoms with E-state index in [0.29, 0.717) is 22.8 Å². The molecule has 3 aromatic carbocycles. The Morgan fingerprint density at radius 3 is 2.53 bits per heavy atom. The predicted octanol–water partition coefficient (Wildman–Crippen LogP) is 4.61. The molecule has 3 aromatic rings. The van der Waals surface area contributed by atoms with Gasteiger partial charge in [-0.1, -0.05) is 36.4 Å². The van der Waals surface area contributed by atoms with Crippen LogP contribution in [0.5, 0.6) is 17.2 Å². The van der Waals surface area contributed by atoms with Gasteiger partial charge in [0.25, 0.3) is 0 Å². The number of para-hydroxylation sites is 1. The molecule has 1 unspecified atom stereocenters. The van der Waals surface area contributed by atoms with Gasteiger partial charge in [-0.15, -0.1) is 11.8 Å². The lowest BCUT2D eigenvalue weighted by Gasteiger charge is -2.26. The van der Waals surface area contributed by atoms with Gasteiger partial charge in [-0.25, -0.2) is 4.79 Å². The molecule has 4 rings (SSSR count). The molecule has 0 radical (unpaired) electrons. The van der Waals surface area contributed by atoms with E-state index in [2.05, 4.69) is 6.07 Å². The Morgan fingerprint density at radius 2 is 1.84 bits per heavy atom. The van der Waals surface area contributed by atoms with Crippen molar-refractivity contribution in [3.05, 3.63) is 95.4 Å². The van der Waals surface area contributed by atoms with Crippen molar-refractivity contribution in [1.82, 2.24) is 0 Å². The topological polar surface area (TPSA) is 94.6 Å². The summed E-state index contributed by atoms with van der Waals surface area (Å²) in [6.45, 7) is -0.229. The number of esters is 1. The van der Waals surface area contributed by atoms with Crippen LogP contribution in [0.4, 0.5) is 0 Å². The average molecular weight is 445 g/mol. The fourth-order valence-electron chi connectivity index (χ4n) is 3.46. The first-order valence-electron chi connectivity index (χ1n) is 9.83. The number of nitriles is 1. The molecule has 0 aromatic heterocycles. The molecule has 0 amide bonds. The predicted molar refractivity (Wildman–Crippen MR) is 122 cm³/mol. The SMILES string of the molecule is CSc1ccc(C2C(C#N)=C(N)Oc3cc(OC(=O)COc4ccccc4)ccc32)cc1. The van der Waals surface area contributed by atoms with E-state index < -0.39 is 5.97 Å². The standard InChI is InChI=1S/C25H20N2O4S/c1-32-19-10-7-16(8-11-19)24-20-12-9-18(13-22(20)31-25(27)21(24)14-26)30-23(28)15-29-17-5-3-2-4-6-17/h2-13,24H,15,27H2,1H3. The summed E-state index contributed by atoms with van der Waals surface area (Å²) >= 11 is 1.64. The molecule has 1 heterocycles. The van der Waals surface area contributed by atoms with Gasteiger partial charge in [-0.3, -0.25) is 0 Å². The smallest absolute Gasteiger partial charge is 0.349 e. The molecule has 1 aliphatic heterocycles. The second-order valence-electron chi connectivity index (χ2n) is 6.97. The van der Waals surface area contributed by atoms with Gasteiger partial charge in [0.1, 0.15) is 28.9 Å². The number of hydrogen-bond acceptors (Lipinski definition) is 7. The number of nitrogens with two attached hydrogens (primary N) is 1. The van der Waals surface area contributed by atoms with Crippen LogP contribution < -0.4 is 19.9 Å². The highest BCUT2D eigenvalue weighted by Crippen LogP contribution is 2.43. The van der Waals surface area contributed by atoms with Crippen molar-refractivity contribution in [3.63, 3.8) is 0 Å². The maximum atomic E-state index is 12.2. The summed E-state index contributed by atoms with van der Waals surface area (Å²) in [5, 5.41) is 9.69. The van der Waals surface area contributed by atoms with Crippen molar-refractivity contribution in [2.24, 2.45) is 5.73 Å². The summed E-state index contributed by atoms with van der Waals surface area (Å²) in [5.74, 6) is 0.441. The van der Waals surface area contributed by atoms with E-state index in [9.17, 15) is 10.1 Å². The van der Waals surface area contributed by atoms with E-state index >= 15 is 0 Å². The molecule has 160 valence electrons. The number of carbonyl (C=O) groups excluding carboxylic acids is 1. The molecule has 2 N–H and O–H groups in total. The molecule has 6 nitrogen and oxygen atoms in total. The molecule has 0 bridgehead atoms. The Morgan fingerprint density at radius 1 is 1.09 bits per heavy atom. The van der Waals surface area contributed by atoms with Gasteiger partial charge in [0.15, 0.2) is 6.61 Å². The van der Waals surface area contributed by atoms with Gasteiger partial charge in [0, 0.05) is 16.5 Å². The molecule has 32 heavy (non-hydrogen) atoms. The maximum Gasteiger partial charge on any atom is 0.349 e. The number of benzene rings is 3. The Kier molecular flexibility index (Phi) is 6.34. The van der Waals surface area contributed by atoms with Crippen LogP contribution in [0.15, 0.2) is 89.1 Å². The minimum absolute atomic E-state index is 0.0369. The van der Waals surface area contributed by atoms with Crippen LogP contribution in [-0.4, -0.2) is 18.8 Å². The highest BCUT2D eigenvalue weighted by atomic mass is 32.2. The van der Waals surface area contributed by atoms with Crippen LogP contribution in [0.2, 0.25) is 0 Å². The van der Waals surface area contributed by atoms with E-state index in [1.54, 1.807) is 42.1 Å². The first kappa shape index (κ1) is 21.3. The molecule has 0 spiro atoms. The summed E-state index contributed by atoms with van der Waals surface area (Å²) in [7, 11) is 0. The highest BCUT2D eigenvalue weighted by Gasteiger charge is 2.31. The van der Waals surface area contributed by atoms with Gasteiger partial charge in [-0.2, -0.15) is 5.26 Å². The number of hydrogen-bond donors (Lipinski definition) is 1. The third-order valence-corrected chi connectivity index (χ3v) is 5.71. The minimum Gasteiger partial charge on any atom is -0.482 e. The largest absolute Gasteiger partial charge is 0.482 e. The molecule has 0 saturated carbocycles.